The first kappa shape index (κ1) is 25.1. The third kappa shape index (κ3) is 7.51. The second kappa shape index (κ2) is 12.6. The number of benzene rings is 2. The Hall–Kier alpha value is -3.16. The van der Waals surface area contributed by atoms with Crippen molar-refractivity contribution in [2.24, 2.45) is 15.7 Å². The summed E-state index contributed by atoms with van der Waals surface area (Å²) in [7, 11) is 0. The number of furan rings is 1. The van der Waals surface area contributed by atoms with Gasteiger partial charge in [-0.2, -0.15) is 0 Å². The Kier molecular flexibility index (Phi) is 9.91. The summed E-state index contributed by atoms with van der Waals surface area (Å²) in [5.41, 5.74) is 10.5. The second-order valence-electron chi connectivity index (χ2n) is 7.08. The van der Waals surface area contributed by atoms with Crippen LogP contribution in [-0.4, -0.2) is 25.0 Å². The molecule has 0 bridgehead atoms. The van der Waals surface area contributed by atoms with Gasteiger partial charge in [-0.25, -0.2) is 4.99 Å². The zero-order valence-corrected chi connectivity index (χ0v) is 19.2. The van der Waals surface area contributed by atoms with Crippen LogP contribution >= 0.6 is 24.8 Å². The first-order chi connectivity index (χ1) is 14.7. The fourth-order valence-electron chi connectivity index (χ4n) is 3.17. The fourth-order valence-corrected chi connectivity index (χ4v) is 3.17. The summed E-state index contributed by atoms with van der Waals surface area (Å²) in [5.74, 6) is 2.00. The Bertz CT molecular complexity index is 1000. The van der Waals surface area contributed by atoms with Gasteiger partial charge in [-0.1, -0.05) is 24.3 Å². The predicted octanol–water partition coefficient (Wildman–Crippen LogP) is 4.21. The number of hydrogen-bond donors (Lipinski definition) is 4. The number of guanidine groups is 2. The van der Waals surface area contributed by atoms with Crippen LogP contribution in [0.1, 0.15) is 16.9 Å². The Morgan fingerprint density at radius 3 is 2.19 bits per heavy atom. The zero-order valence-electron chi connectivity index (χ0n) is 17.6. The van der Waals surface area contributed by atoms with Gasteiger partial charge in [0.15, 0.2) is 11.9 Å². The van der Waals surface area contributed by atoms with Gasteiger partial charge in [-0.05, 0) is 60.4 Å². The number of anilines is 2. The molecule has 7 nitrogen and oxygen atoms in total. The van der Waals surface area contributed by atoms with E-state index >= 15 is 0 Å². The summed E-state index contributed by atoms with van der Waals surface area (Å²) in [5, 5.41) is 9.60. The molecule has 0 saturated carbocycles. The number of nitrogens with two attached hydrogens (primary N) is 1. The van der Waals surface area contributed by atoms with E-state index in [0.29, 0.717) is 12.5 Å². The fraction of sp³-hybridized carbons (Fsp3) is 0.217. The summed E-state index contributed by atoms with van der Waals surface area (Å²) in [4.78, 5) is 8.62. The van der Waals surface area contributed by atoms with E-state index in [0.717, 1.165) is 49.0 Å². The van der Waals surface area contributed by atoms with Gasteiger partial charge in [0.2, 0.25) is 0 Å². The van der Waals surface area contributed by atoms with E-state index in [2.05, 4.69) is 62.3 Å². The standard InChI is InChI=1S/C23H26N6O.2ClH/c24-22(27-16-21-2-1-15-30-21)28-19-9-5-17(6-10-19)3-4-18-7-11-20(12-8-18)29-23-25-13-14-26-23;;/h1-2,5-12,15H,3-4,13-14,16H2,(H3,24,27,28)(H2,25,26,29);2*1H. The molecular formula is C23H28Cl2N6O. The third-order valence-corrected chi connectivity index (χ3v) is 4.80. The van der Waals surface area contributed by atoms with Gasteiger partial charge in [0.1, 0.15) is 12.3 Å². The van der Waals surface area contributed by atoms with Crippen LogP contribution < -0.4 is 21.7 Å². The number of aliphatic imine (C=N–C) groups is 2. The summed E-state index contributed by atoms with van der Waals surface area (Å²) < 4.78 is 5.25. The Morgan fingerprint density at radius 1 is 0.969 bits per heavy atom. The molecule has 9 heteroatoms. The molecule has 0 unspecified atom stereocenters. The number of hydrogen-bond acceptors (Lipinski definition) is 5. The van der Waals surface area contributed by atoms with Gasteiger partial charge in [0, 0.05) is 17.9 Å². The zero-order chi connectivity index (χ0) is 20.6. The van der Waals surface area contributed by atoms with Crippen LogP contribution in [0.5, 0.6) is 0 Å². The third-order valence-electron chi connectivity index (χ3n) is 4.80. The minimum absolute atomic E-state index is 0. The van der Waals surface area contributed by atoms with Crippen LogP contribution in [0.15, 0.2) is 81.3 Å². The lowest BCUT2D eigenvalue weighted by Crippen LogP contribution is -2.26. The lowest BCUT2D eigenvalue weighted by molar-refractivity contribution is 0.513. The maximum absolute atomic E-state index is 5.94. The predicted molar refractivity (Wildman–Crippen MR) is 136 cm³/mol. The summed E-state index contributed by atoms with van der Waals surface area (Å²) >= 11 is 0. The quantitative estimate of drug-likeness (QED) is 0.303. The van der Waals surface area contributed by atoms with Crippen molar-refractivity contribution in [3.05, 3.63) is 83.8 Å². The van der Waals surface area contributed by atoms with Gasteiger partial charge in [0.05, 0.1) is 12.8 Å². The van der Waals surface area contributed by atoms with Crippen molar-refractivity contribution in [3.63, 3.8) is 0 Å². The molecule has 5 N–H and O–H groups in total. The van der Waals surface area contributed by atoms with Crippen molar-refractivity contribution >= 4 is 48.1 Å². The molecule has 0 radical (unpaired) electrons. The topological polar surface area (TPSA) is 100.0 Å². The number of aryl methyl sites for hydroxylation is 2. The van der Waals surface area contributed by atoms with Gasteiger partial charge in [0.25, 0.3) is 0 Å². The molecule has 2 heterocycles. The molecule has 0 saturated heterocycles. The van der Waals surface area contributed by atoms with Crippen LogP contribution in [0, 0.1) is 0 Å². The molecule has 3 aromatic rings. The molecule has 1 aliphatic rings. The number of nitrogens with one attached hydrogen (secondary N) is 3. The largest absolute Gasteiger partial charge is 0.467 e. The maximum atomic E-state index is 5.94. The molecule has 4 rings (SSSR count). The minimum atomic E-state index is 0. The van der Waals surface area contributed by atoms with E-state index < -0.39 is 0 Å². The lowest BCUT2D eigenvalue weighted by atomic mass is 10.0. The van der Waals surface area contributed by atoms with Crippen molar-refractivity contribution in [2.75, 3.05) is 23.7 Å². The number of nitrogens with zero attached hydrogens (tertiary/aromatic N) is 2. The Balaban J connectivity index is 0.00000181. The monoisotopic (exact) mass is 474 g/mol. The van der Waals surface area contributed by atoms with Crippen molar-refractivity contribution < 1.29 is 4.42 Å². The molecule has 0 atom stereocenters. The van der Waals surface area contributed by atoms with Crippen molar-refractivity contribution in [1.29, 1.82) is 0 Å². The molecular weight excluding hydrogens is 447 g/mol. The second-order valence-corrected chi connectivity index (χ2v) is 7.08. The molecule has 1 aromatic heterocycles. The highest BCUT2D eigenvalue weighted by atomic mass is 35.5. The van der Waals surface area contributed by atoms with Crippen LogP contribution in [0.3, 0.4) is 0 Å². The first-order valence-electron chi connectivity index (χ1n) is 10.1. The molecule has 1 aliphatic heterocycles. The van der Waals surface area contributed by atoms with Crippen molar-refractivity contribution in [1.82, 2.24) is 5.32 Å². The van der Waals surface area contributed by atoms with E-state index in [-0.39, 0.29) is 24.8 Å². The summed E-state index contributed by atoms with van der Waals surface area (Å²) in [6.07, 6.45) is 3.59. The van der Waals surface area contributed by atoms with E-state index in [1.807, 2.05) is 24.3 Å². The van der Waals surface area contributed by atoms with E-state index in [9.17, 15) is 0 Å². The van der Waals surface area contributed by atoms with Gasteiger partial charge >= 0.3 is 0 Å². The lowest BCUT2D eigenvalue weighted by Gasteiger charge is -2.09. The van der Waals surface area contributed by atoms with Crippen LogP contribution in [0.25, 0.3) is 0 Å². The minimum Gasteiger partial charge on any atom is -0.467 e. The molecule has 170 valence electrons. The van der Waals surface area contributed by atoms with E-state index in [1.165, 1.54) is 11.1 Å². The van der Waals surface area contributed by atoms with Gasteiger partial charge < -0.3 is 26.1 Å². The highest BCUT2D eigenvalue weighted by molar-refractivity contribution is 5.94. The molecule has 0 amide bonds. The smallest absolute Gasteiger partial charge is 0.195 e. The normalized spacial score (nSPS) is 12.8. The Labute approximate surface area is 200 Å². The highest BCUT2D eigenvalue weighted by Crippen LogP contribution is 2.15. The first-order valence-corrected chi connectivity index (χ1v) is 10.1. The molecule has 32 heavy (non-hydrogen) atoms. The molecule has 0 aliphatic carbocycles. The highest BCUT2D eigenvalue weighted by Gasteiger charge is 2.05. The number of halogens is 2. The maximum Gasteiger partial charge on any atom is 0.195 e. The van der Waals surface area contributed by atoms with E-state index in [4.69, 9.17) is 10.2 Å². The van der Waals surface area contributed by atoms with Crippen molar-refractivity contribution in [2.45, 2.75) is 19.4 Å². The average molecular weight is 475 g/mol. The SMILES string of the molecule is Cl.Cl.NC(=NCc1ccco1)Nc1ccc(CCc2ccc(NC3=NCCN3)cc2)cc1. The van der Waals surface area contributed by atoms with Crippen LogP contribution in [0.4, 0.5) is 11.4 Å². The summed E-state index contributed by atoms with van der Waals surface area (Å²) in [6, 6.07) is 20.5. The van der Waals surface area contributed by atoms with Crippen molar-refractivity contribution in [3.8, 4) is 0 Å². The summed E-state index contributed by atoms with van der Waals surface area (Å²) in [6.45, 7) is 2.15. The number of rotatable bonds is 7. The van der Waals surface area contributed by atoms with Crippen LogP contribution in [-0.2, 0) is 19.4 Å². The van der Waals surface area contributed by atoms with E-state index in [1.54, 1.807) is 6.26 Å². The molecule has 0 spiro atoms. The van der Waals surface area contributed by atoms with Gasteiger partial charge in [-0.15, -0.1) is 24.8 Å². The molecule has 0 fully saturated rings. The Morgan fingerprint density at radius 2 is 1.62 bits per heavy atom. The average Bonchev–Trinajstić information content (AvgIpc) is 3.47. The van der Waals surface area contributed by atoms with Crippen LogP contribution in [0.2, 0.25) is 0 Å². The molecule has 2 aromatic carbocycles. The van der Waals surface area contributed by atoms with Gasteiger partial charge in [-0.3, -0.25) is 4.99 Å².